The Labute approximate surface area is 176 Å². The molecule has 0 aliphatic carbocycles. The van der Waals surface area contributed by atoms with Crippen LogP contribution in [-0.4, -0.2) is 23.4 Å². The highest BCUT2D eigenvalue weighted by Gasteiger charge is 2.14. The summed E-state index contributed by atoms with van der Waals surface area (Å²) in [5, 5.41) is 12.8. The zero-order chi connectivity index (χ0) is 21.5. The van der Waals surface area contributed by atoms with Crippen LogP contribution in [0.1, 0.15) is 47.4 Å². The van der Waals surface area contributed by atoms with Crippen LogP contribution in [0, 0.1) is 0 Å². The first-order valence-corrected chi connectivity index (χ1v) is 9.97. The Hall–Kier alpha value is -3.60. The number of ether oxygens (including phenoxy) is 1. The van der Waals surface area contributed by atoms with E-state index < -0.39 is 0 Å². The van der Waals surface area contributed by atoms with Crippen LogP contribution in [0.4, 0.5) is 5.69 Å². The zero-order valence-electron chi connectivity index (χ0n) is 17.1. The maximum Gasteiger partial charge on any atom is 0.255 e. The highest BCUT2D eigenvalue weighted by atomic mass is 16.5. The minimum Gasteiger partial charge on any atom is -0.505 e. The van der Waals surface area contributed by atoms with Gasteiger partial charge in [-0.1, -0.05) is 43.7 Å². The quantitative estimate of drug-likeness (QED) is 0.288. The Bertz CT molecular complexity index is 1020. The maximum atomic E-state index is 12.5. The molecule has 0 aromatic heterocycles. The minimum atomic E-state index is -0.364. The molecule has 0 aliphatic heterocycles. The van der Waals surface area contributed by atoms with Crippen molar-refractivity contribution in [1.29, 1.82) is 0 Å². The van der Waals surface area contributed by atoms with Gasteiger partial charge in [-0.15, -0.1) is 0 Å². The van der Waals surface area contributed by atoms with Crippen molar-refractivity contribution in [2.24, 2.45) is 0 Å². The van der Waals surface area contributed by atoms with Gasteiger partial charge in [0.1, 0.15) is 11.5 Å². The van der Waals surface area contributed by atoms with E-state index in [0.29, 0.717) is 12.2 Å². The number of anilines is 1. The Morgan fingerprint density at radius 3 is 2.17 bits per heavy atom. The van der Waals surface area contributed by atoms with Gasteiger partial charge in [-0.2, -0.15) is 0 Å². The fourth-order valence-corrected chi connectivity index (χ4v) is 3.01. The fraction of sp³-hybridized carbons (Fsp3) is 0.200. The van der Waals surface area contributed by atoms with E-state index in [0.717, 1.165) is 29.7 Å². The summed E-state index contributed by atoms with van der Waals surface area (Å²) < 4.78 is 5.68. The predicted molar refractivity (Wildman–Crippen MR) is 118 cm³/mol. The third-order valence-electron chi connectivity index (χ3n) is 4.76. The average molecular weight is 403 g/mol. The predicted octanol–water partition coefficient (Wildman–Crippen LogP) is 5.69. The van der Waals surface area contributed by atoms with Crippen molar-refractivity contribution >= 4 is 17.4 Å². The first kappa shape index (κ1) is 21.1. The molecule has 0 saturated carbocycles. The lowest BCUT2D eigenvalue weighted by atomic mass is 10.0. The van der Waals surface area contributed by atoms with Crippen LogP contribution in [0.2, 0.25) is 0 Å². The Kier molecular flexibility index (Phi) is 6.86. The normalized spacial score (nSPS) is 10.5. The Morgan fingerprint density at radius 1 is 0.933 bits per heavy atom. The monoisotopic (exact) mass is 403 g/mol. The number of phenols is 1. The average Bonchev–Trinajstić information content (AvgIpc) is 2.76. The van der Waals surface area contributed by atoms with Gasteiger partial charge in [0.25, 0.3) is 5.91 Å². The number of Topliss-reactive ketones (excluding diaryl/α,β-unsaturated/α-hetero) is 1. The van der Waals surface area contributed by atoms with Gasteiger partial charge in [0.2, 0.25) is 0 Å². The molecule has 5 nitrogen and oxygen atoms in total. The number of benzene rings is 3. The van der Waals surface area contributed by atoms with Gasteiger partial charge in [-0.25, -0.2) is 0 Å². The van der Waals surface area contributed by atoms with Crippen LogP contribution in [-0.2, 0) is 0 Å². The largest absolute Gasteiger partial charge is 0.505 e. The van der Waals surface area contributed by atoms with E-state index in [4.69, 9.17) is 4.74 Å². The molecule has 2 N–H and O–H groups in total. The maximum absolute atomic E-state index is 12.5. The van der Waals surface area contributed by atoms with E-state index in [1.54, 1.807) is 24.3 Å². The smallest absolute Gasteiger partial charge is 0.255 e. The van der Waals surface area contributed by atoms with Crippen molar-refractivity contribution < 1.29 is 19.4 Å². The van der Waals surface area contributed by atoms with Crippen molar-refractivity contribution in [1.82, 2.24) is 0 Å². The molecule has 0 aliphatic rings. The van der Waals surface area contributed by atoms with E-state index in [1.165, 1.54) is 13.0 Å². The van der Waals surface area contributed by atoms with Crippen LogP contribution in [0.15, 0.2) is 66.7 Å². The molecule has 3 aromatic carbocycles. The molecule has 30 heavy (non-hydrogen) atoms. The number of carbonyl (C=O) groups excluding carboxylic acids is 2. The summed E-state index contributed by atoms with van der Waals surface area (Å²) >= 11 is 0. The number of carbonyl (C=O) groups is 2. The summed E-state index contributed by atoms with van der Waals surface area (Å²) in [6.07, 6.45) is 2.13. The summed E-state index contributed by atoms with van der Waals surface area (Å²) in [5.41, 5.74) is 2.83. The highest BCUT2D eigenvalue weighted by Crippen LogP contribution is 2.28. The molecule has 0 atom stereocenters. The molecule has 154 valence electrons. The molecule has 0 spiro atoms. The van der Waals surface area contributed by atoms with E-state index in [-0.39, 0.29) is 28.7 Å². The summed E-state index contributed by atoms with van der Waals surface area (Å²) in [6.45, 7) is 4.20. The molecule has 0 heterocycles. The third-order valence-corrected chi connectivity index (χ3v) is 4.76. The number of hydrogen-bond acceptors (Lipinski definition) is 4. The number of aromatic hydroxyl groups is 1. The second kappa shape index (κ2) is 9.74. The van der Waals surface area contributed by atoms with Crippen molar-refractivity contribution in [2.45, 2.75) is 26.7 Å². The number of phenolic OH excluding ortho intramolecular Hbond substituents is 1. The number of unbranched alkanes of at least 4 members (excludes halogenated alkanes) is 1. The number of amides is 1. The van der Waals surface area contributed by atoms with Crippen molar-refractivity contribution in [3.8, 4) is 22.6 Å². The van der Waals surface area contributed by atoms with Gasteiger partial charge in [-0.05, 0) is 60.9 Å². The second-order valence-corrected chi connectivity index (χ2v) is 7.02. The Morgan fingerprint density at radius 2 is 1.57 bits per heavy atom. The van der Waals surface area contributed by atoms with Crippen LogP contribution in [0.25, 0.3) is 11.1 Å². The summed E-state index contributed by atoms with van der Waals surface area (Å²) in [4.78, 5) is 24.1. The highest BCUT2D eigenvalue weighted by molar-refractivity contribution is 6.07. The van der Waals surface area contributed by atoms with Crippen molar-refractivity contribution in [3.05, 3.63) is 77.9 Å². The molecule has 0 fully saturated rings. The van der Waals surface area contributed by atoms with Gasteiger partial charge >= 0.3 is 0 Å². The molecular weight excluding hydrogens is 378 g/mol. The number of rotatable bonds is 8. The van der Waals surface area contributed by atoms with Gasteiger partial charge in [0.15, 0.2) is 5.78 Å². The van der Waals surface area contributed by atoms with E-state index >= 15 is 0 Å². The van der Waals surface area contributed by atoms with Crippen LogP contribution >= 0.6 is 0 Å². The summed E-state index contributed by atoms with van der Waals surface area (Å²) in [6, 6.07) is 19.7. The molecule has 0 radical (unpaired) electrons. The first-order chi connectivity index (χ1) is 14.5. The molecule has 0 bridgehead atoms. The standard InChI is InChI=1S/C25H25NO4/c1-3-4-16-30-21-14-12-19(13-15-21)18-8-10-20(11-9-18)25(29)26-23-7-5-6-22(17(2)27)24(23)28/h5-15,28H,3-4,16H2,1-2H3,(H,26,29). The molecule has 0 saturated heterocycles. The lowest BCUT2D eigenvalue weighted by Gasteiger charge is -2.10. The number of para-hydroxylation sites is 1. The second-order valence-electron chi connectivity index (χ2n) is 7.02. The lowest BCUT2D eigenvalue weighted by Crippen LogP contribution is -2.12. The lowest BCUT2D eigenvalue weighted by molar-refractivity contribution is 0.100. The number of ketones is 1. The zero-order valence-corrected chi connectivity index (χ0v) is 17.1. The van der Waals surface area contributed by atoms with Gasteiger partial charge < -0.3 is 15.2 Å². The first-order valence-electron chi connectivity index (χ1n) is 9.97. The minimum absolute atomic E-state index is 0.172. The Balaban J connectivity index is 1.69. The number of hydrogen-bond donors (Lipinski definition) is 2. The van der Waals surface area contributed by atoms with E-state index in [9.17, 15) is 14.7 Å². The van der Waals surface area contributed by atoms with E-state index in [1.807, 2.05) is 36.4 Å². The van der Waals surface area contributed by atoms with Gasteiger partial charge in [0, 0.05) is 5.56 Å². The van der Waals surface area contributed by atoms with Crippen LogP contribution in [0.5, 0.6) is 11.5 Å². The SMILES string of the molecule is CCCCOc1ccc(-c2ccc(C(=O)Nc3cccc(C(C)=O)c3O)cc2)cc1. The van der Waals surface area contributed by atoms with Crippen molar-refractivity contribution in [2.75, 3.05) is 11.9 Å². The fourth-order valence-electron chi connectivity index (χ4n) is 3.01. The molecule has 5 heteroatoms. The molecular formula is C25H25NO4. The van der Waals surface area contributed by atoms with Gasteiger partial charge in [-0.3, -0.25) is 9.59 Å². The molecule has 0 unspecified atom stereocenters. The van der Waals surface area contributed by atoms with Gasteiger partial charge in [0.05, 0.1) is 17.9 Å². The molecule has 1 amide bonds. The van der Waals surface area contributed by atoms with Crippen LogP contribution < -0.4 is 10.1 Å². The molecule has 3 rings (SSSR count). The van der Waals surface area contributed by atoms with Crippen molar-refractivity contribution in [3.63, 3.8) is 0 Å². The summed E-state index contributed by atoms with van der Waals surface area (Å²) in [7, 11) is 0. The van der Waals surface area contributed by atoms with E-state index in [2.05, 4.69) is 12.2 Å². The third kappa shape index (κ3) is 5.06. The number of nitrogens with one attached hydrogen (secondary N) is 1. The van der Waals surface area contributed by atoms with Crippen LogP contribution in [0.3, 0.4) is 0 Å². The summed E-state index contributed by atoms with van der Waals surface area (Å²) in [5.74, 6) is -0.0148. The molecule has 3 aromatic rings. The topological polar surface area (TPSA) is 75.6 Å².